The third-order valence-electron chi connectivity index (χ3n) is 3.06. The molecule has 0 fully saturated rings. The van der Waals surface area contributed by atoms with Crippen molar-refractivity contribution in [2.75, 3.05) is 11.5 Å². The molecule has 0 aromatic heterocycles. The molecule has 0 aliphatic rings. The summed E-state index contributed by atoms with van der Waals surface area (Å²) in [6.07, 6.45) is 0. The average Bonchev–Trinajstić information content (AvgIpc) is 2.45. The molecule has 0 saturated carbocycles. The fourth-order valence-electron chi connectivity index (χ4n) is 2.16. The monoisotopic (exact) mass is 360 g/mol. The fraction of sp³-hybridized carbons (Fsp3) is 0. The predicted molar refractivity (Wildman–Crippen MR) is 98.3 cm³/mol. The lowest BCUT2D eigenvalue weighted by Gasteiger charge is -2.10. The molecule has 3 rings (SSSR count). The Morgan fingerprint density at radius 3 is 1.46 bits per heavy atom. The highest BCUT2D eigenvalue weighted by Crippen LogP contribution is 2.32. The third-order valence-corrected chi connectivity index (χ3v) is 3.50. The molecule has 0 unspecified atom stereocenters. The zero-order chi connectivity index (χ0) is 17.1. The van der Waals surface area contributed by atoms with Gasteiger partial charge in [-0.1, -0.05) is 29.3 Å². The summed E-state index contributed by atoms with van der Waals surface area (Å²) in [5, 5.41) is 1.01. The van der Waals surface area contributed by atoms with Crippen molar-refractivity contribution in [3.8, 4) is 23.0 Å². The summed E-state index contributed by atoms with van der Waals surface area (Å²) in [5.41, 5.74) is 12.6. The molecule has 6 heteroatoms. The van der Waals surface area contributed by atoms with Crippen molar-refractivity contribution in [2.24, 2.45) is 0 Å². The Balaban J connectivity index is 1.81. The van der Waals surface area contributed by atoms with Crippen molar-refractivity contribution in [3.05, 3.63) is 70.7 Å². The second-order valence-electron chi connectivity index (χ2n) is 5.12. The number of nitrogen functional groups attached to an aromatic ring is 2. The van der Waals surface area contributed by atoms with E-state index in [2.05, 4.69) is 0 Å². The molecule has 0 aliphatic carbocycles. The minimum atomic E-state index is 0.506. The highest BCUT2D eigenvalue weighted by molar-refractivity contribution is 6.31. The van der Waals surface area contributed by atoms with E-state index in [9.17, 15) is 0 Å². The Labute approximate surface area is 149 Å². The highest BCUT2D eigenvalue weighted by Gasteiger charge is 2.05. The molecule has 0 spiro atoms. The third kappa shape index (κ3) is 4.25. The van der Waals surface area contributed by atoms with E-state index in [1.165, 1.54) is 0 Å². The molecule has 24 heavy (non-hydrogen) atoms. The molecule has 122 valence electrons. The summed E-state index contributed by atoms with van der Waals surface area (Å²) in [6.45, 7) is 0. The second kappa shape index (κ2) is 6.91. The Kier molecular flexibility index (Phi) is 4.69. The van der Waals surface area contributed by atoms with E-state index < -0.39 is 0 Å². The van der Waals surface area contributed by atoms with E-state index in [-0.39, 0.29) is 0 Å². The molecule has 4 nitrogen and oxygen atoms in total. The Bertz CT molecular complexity index is 775. The topological polar surface area (TPSA) is 70.5 Å². The lowest BCUT2D eigenvalue weighted by molar-refractivity contribution is 0.460. The number of benzene rings is 3. The molecule has 4 N–H and O–H groups in total. The summed E-state index contributed by atoms with van der Waals surface area (Å²) in [6, 6.07) is 17.2. The smallest absolute Gasteiger partial charge is 0.131 e. The van der Waals surface area contributed by atoms with Crippen LogP contribution in [0.1, 0.15) is 0 Å². The van der Waals surface area contributed by atoms with E-state index in [4.69, 9.17) is 44.1 Å². The number of hydrogen-bond acceptors (Lipinski definition) is 4. The van der Waals surface area contributed by atoms with Crippen LogP contribution < -0.4 is 20.9 Å². The van der Waals surface area contributed by atoms with Gasteiger partial charge in [-0.15, -0.1) is 0 Å². The molecule has 0 bridgehead atoms. The van der Waals surface area contributed by atoms with Crippen molar-refractivity contribution in [1.82, 2.24) is 0 Å². The number of nitrogens with two attached hydrogens (primary N) is 2. The quantitative estimate of drug-likeness (QED) is 0.581. The lowest BCUT2D eigenvalue weighted by atomic mass is 10.3. The number of halogens is 2. The van der Waals surface area contributed by atoms with Crippen LogP contribution in [0, 0.1) is 0 Å². The first-order chi connectivity index (χ1) is 11.5. The molecule has 0 aliphatic heterocycles. The van der Waals surface area contributed by atoms with Crippen LogP contribution in [-0.4, -0.2) is 0 Å². The number of anilines is 2. The Hall–Kier alpha value is -2.56. The summed E-state index contributed by atoms with van der Waals surface area (Å²) in [5.74, 6) is 2.27. The van der Waals surface area contributed by atoms with E-state index >= 15 is 0 Å². The van der Waals surface area contributed by atoms with Gasteiger partial charge in [0.05, 0.1) is 0 Å². The van der Waals surface area contributed by atoms with Crippen LogP contribution in [-0.2, 0) is 0 Å². The molecule has 0 amide bonds. The number of hydrogen-bond donors (Lipinski definition) is 2. The van der Waals surface area contributed by atoms with Crippen molar-refractivity contribution in [1.29, 1.82) is 0 Å². The van der Waals surface area contributed by atoms with E-state index in [0.29, 0.717) is 44.4 Å². The normalized spacial score (nSPS) is 10.4. The maximum Gasteiger partial charge on any atom is 0.131 e. The van der Waals surface area contributed by atoms with Crippen LogP contribution in [0.5, 0.6) is 23.0 Å². The molecule has 3 aromatic carbocycles. The van der Waals surface area contributed by atoms with Crippen molar-refractivity contribution in [3.63, 3.8) is 0 Å². The van der Waals surface area contributed by atoms with Gasteiger partial charge in [0, 0.05) is 39.6 Å². The number of rotatable bonds is 4. The molecule has 0 heterocycles. The standard InChI is InChI=1S/C18H14Cl2N2O2/c19-11-4-13(21)8-17(6-11)23-15-2-1-3-16(10-15)24-18-7-12(20)5-14(22)9-18/h1-10H,21-22H2. The van der Waals surface area contributed by atoms with Crippen molar-refractivity contribution < 1.29 is 9.47 Å². The minimum Gasteiger partial charge on any atom is -0.457 e. The first-order valence-electron chi connectivity index (χ1n) is 7.06. The molecule has 0 radical (unpaired) electrons. The molecule has 0 atom stereocenters. The summed E-state index contributed by atoms with van der Waals surface area (Å²) >= 11 is 12.0. The minimum absolute atomic E-state index is 0.506. The zero-order valence-corrected chi connectivity index (χ0v) is 14.0. The van der Waals surface area contributed by atoms with Crippen LogP contribution in [0.3, 0.4) is 0 Å². The van der Waals surface area contributed by atoms with E-state index in [1.54, 1.807) is 54.6 Å². The van der Waals surface area contributed by atoms with Gasteiger partial charge in [-0.05, 0) is 36.4 Å². The number of ether oxygens (including phenoxy) is 2. The van der Waals surface area contributed by atoms with Crippen LogP contribution in [0.4, 0.5) is 11.4 Å². The van der Waals surface area contributed by atoms with Gasteiger partial charge in [-0.3, -0.25) is 0 Å². The zero-order valence-electron chi connectivity index (χ0n) is 12.5. The van der Waals surface area contributed by atoms with Gasteiger partial charge in [0.15, 0.2) is 0 Å². The summed E-state index contributed by atoms with van der Waals surface area (Å²) in [4.78, 5) is 0. The van der Waals surface area contributed by atoms with Gasteiger partial charge < -0.3 is 20.9 Å². The maximum absolute atomic E-state index is 5.98. The summed E-state index contributed by atoms with van der Waals surface area (Å²) in [7, 11) is 0. The second-order valence-corrected chi connectivity index (χ2v) is 5.99. The Morgan fingerprint density at radius 1 is 0.583 bits per heavy atom. The first-order valence-corrected chi connectivity index (χ1v) is 7.81. The van der Waals surface area contributed by atoms with E-state index in [0.717, 1.165) is 0 Å². The maximum atomic E-state index is 5.98. The van der Waals surface area contributed by atoms with Crippen LogP contribution in [0.2, 0.25) is 10.0 Å². The van der Waals surface area contributed by atoms with Crippen molar-refractivity contribution in [2.45, 2.75) is 0 Å². The SMILES string of the molecule is Nc1cc(Cl)cc(Oc2cccc(Oc3cc(N)cc(Cl)c3)c2)c1. The molecular weight excluding hydrogens is 347 g/mol. The van der Waals surface area contributed by atoms with E-state index in [1.807, 2.05) is 6.07 Å². The van der Waals surface area contributed by atoms with Gasteiger partial charge >= 0.3 is 0 Å². The van der Waals surface area contributed by atoms with Crippen LogP contribution >= 0.6 is 23.2 Å². The van der Waals surface area contributed by atoms with Gasteiger partial charge in [0.1, 0.15) is 23.0 Å². The van der Waals surface area contributed by atoms with Crippen LogP contribution in [0.25, 0.3) is 0 Å². The highest BCUT2D eigenvalue weighted by atomic mass is 35.5. The average molecular weight is 361 g/mol. The van der Waals surface area contributed by atoms with Gasteiger partial charge in [0.25, 0.3) is 0 Å². The van der Waals surface area contributed by atoms with Gasteiger partial charge in [-0.2, -0.15) is 0 Å². The lowest BCUT2D eigenvalue weighted by Crippen LogP contribution is -1.90. The van der Waals surface area contributed by atoms with Gasteiger partial charge in [-0.25, -0.2) is 0 Å². The predicted octanol–water partition coefficient (Wildman–Crippen LogP) is 5.74. The van der Waals surface area contributed by atoms with Gasteiger partial charge in [0.2, 0.25) is 0 Å². The fourth-order valence-corrected chi connectivity index (χ4v) is 2.63. The summed E-state index contributed by atoms with van der Waals surface area (Å²) < 4.78 is 11.5. The molecule has 0 saturated heterocycles. The van der Waals surface area contributed by atoms with Crippen molar-refractivity contribution >= 4 is 34.6 Å². The molecule has 3 aromatic rings. The molecular formula is C18H14Cl2N2O2. The van der Waals surface area contributed by atoms with Crippen LogP contribution in [0.15, 0.2) is 60.7 Å². The largest absolute Gasteiger partial charge is 0.457 e. The Morgan fingerprint density at radius 2 is 1.04 bits per heavy atom. The first kappa shape index (κ1) is 16.3.